The van der Waals surface area contributed by atoms with Gasteiger partial charge in [0.05, 0.1) is 17.1 Å². The first-order valence-corrected chi connectivity index (χ1v) is 11.8. The number of aromatic nitrogens is 7. The Morgan fingerprint density at radius 1 is 0.784 bits per heavy atom. The first kappa shape index (κ1) is 22.6. The molecule has 0 amide bonds. The molecule has 186 valence electrons. The molecule has 0 bridgehead atoms. The maximum absolute atomic E-state index is 14.0. The van der Waals surface area contributed by atoms with Gasteiger partial charge in [-0.05, 0) is 26.0 Å². The van der Waals surface area contributed by atoms with Gasteiger partial charge in [0.25, 0.3) is 11.1 Å². The van der Waals surface area contributed by atoms with E-state index in [4.69, 9.17) is 4.98 Å². The predicted molar refractivity (Wildman–Crippen MR) is 142 cm³/mol. The smallest absolute Gasteiger partial charge is 0.283 e. The number of para-hydroxylation sites is 1. The Labute approximate surface area is 210 Å². The molecule has 0 aliphatic carbocycles. The Bertz CT molecular complexity index is 2030. The summed E-state index contributed by atoms with van der Waals surface area (Å²) in [4.78, 5) is 44.5. The molecule has 0 fully saturated rings. The summed E-state index contributed by atoms with van der Waals surface area (Å²) in [6.07, 6.45) is 1.81. The first-order valence-electron chi connectivity index (χ1n) is 11.8. The molecule has 0 aliphatic rings. The number of benzene rings is 2. The summed E-state index contributed by atoms with van der Waals surface area (Å²) in [5.41, 5.74) is 3.89. The number of rotatable bonds is 3. The van der Waals surface area contributed by atoms with Crippen LogP contribution >= 0.6 is 0 Å². The third-order valence-electron chi connectivity index (χ3n) is 7.06. The summed E-state index contributed by atoms with van der Waals surface area (Å²) in [5, 5.41) is 0. The van der Waals surface area contributed by atoms with E-state index < -0.39 is 11.2 Å². The molecule has 0 saturated carbocycles. The van der Waals surface area contributed by atoms with Gasteiger partial charge in [0.1, 0.15) is 5.69 Å². The molecule has 10 heteroatoms. The van der Waals surface area contributed by atoms with Crippen molar-refractivity contribution in [3.63, 3.8) is 0 Å². The van der Waals surface area contributed by atoms with E-state index in [1.54, 1.807) is 31.6 Å². The van der Waals surface area contributed by atoms with Gasteiger partial charge < -0.3 is 0 Å². The molecule has 37 heavy (non-hydrogen) atoms. The monoisotopic (exact) mass is 495 g/mol. The van der Waals surface area contributed by atoms with Gasteiger partial charge in [-0.15, -0.1) is 0 Å². The van der Waals surface area contributed by atoms with Gasteiger partial charge in [0.2, 0.25) is 5.78 Å². The Balaban J connectivity index is 1.80. The van der Waals surface area contributed by atoms with Crippen LogP contribution in [-0.4, -0.2) is 32.4 Å². The van der Waals surface area contributed by atoms with Crippen LogP contribution in [-0.2, 0) is 21.1 Å². The van der Waals surface area contributed by atoms with Crippen LogP contribution in [0.3, 0.4) is 0 Å². The summed E-state index contributed by atoms with van der Waals surface area (Å²) in [6.45, 7) is 3.89. The lowest BCUT2D eigenvalue weighted by molar-refractivity contribution is 0.630. The van der Waals surface area contributed by atoms with Gasteiger partial charge in [-0.2, -0.15) is 4.98 Å². The van der Waals surface area contributed by atoms with Crippen LogP contribution in [0.25, 0.3) is 39.6 Å². The van der Waals surface area contributed by atoms with Crippen molar-refractivity contribution in [1.82, 2.24) is 32.4 Å². The van der Waals surface area contributed by atoms with Gasteiger partial charge in [-0.25, -0.2) is 9.48 Å². The predicted octanol–water partition coefficient (Wildman–Crippen LogP) is 2.45. The minimum atomic E-state index is -0.467. The summed E-state index contributed by atoms with van der Waals surface area (Å²) in [5.74, 6) is 0.370. The van der Waals surface area contributed by atoms with Gasteiger partial charge in [0.15, 0.2) is 11.2 Å². The van der Waals surface area contributed by atoms with E-state index in [-0.39, 0.29) is 16.7 Å². The van der Waals surface area contributed by atoms with E-state index in [2.05, 4.69) is 0 Å². The molecule has 0 N–H and O–H groups in total. The largest absolute Gasteiger partial charge is 0.332 e. The summed E-state index contributed by atoms with van der Waals surface area (Å²) in [6, 6.07) is 17.4. The number of aryl methyl sites for hydroxylation is 2. The maximum Gasteiger partial charge on any atom is 0.332 e. The number of imidazole rings is 2. The van der Waals surface area contributed by atoms with Crippen molar-refractivity contribution < 1.29 is 0 Å². The van der Waals surface area contributed by atoms with Crippen molar-refractivity contribution in [3.8, 4) is 22.6 Å². The number of nitrogens with zero attached hydrogens (tertiary/aromatic N) is 7. The minimum Gasteiger partial charge on any atom is -0.283 e. The summed E-state index contributed by atoms with van der Waals surface area (Å²) < 4.78 is 9.28. The molecule has 0 atom stereocenters. The van der Waals surface area contributed by atoms with Crippen LogP contribution in [0, 0.1) is 13.8 Å². The molecule has 6 aromatic rings. The van der Waals surface area contributed by atoms with Gasteiger partial charge in [-0.3, -0.25) is 32.4 Å². The zero-order valence-corrected chi connectivity index (χ0v) is 21.1. The minimum absolute atomic E-state index is 0.230. The lowest BCUT2D eigenvalue weighted by Crippen LogP contribution is -2.37. The average Bonchev–Trinajstić information content (AvgIpc) is 3.51. The second-order valence-corrected chi connectivity index (χ2v) is 9.29. The highest BCUT2D eigenvalue weighted by molar-refractivity contribution is 5.79. The van der Waals surface area contributed by atoms with E-state index in [1.165, 1.54) is 11.6 Å². The lowest BCUT2D eigenvalue weighted by Gasteiger charge is -2.08. The van der Waals surface area contributed by atoms with Crippen molar-refractivity contribution in [2.24, 2.45) is 21.1 Å². The molecule has 0 saturated heterocycles. The Morgan fingerprint density at radius 2 is 1.46 bits per heavy atom. The Kier molecular flexibility index (Phi) is 4.78. The van der Waals surface area contributed by atoms with Crippen LogP contribution in [0.4, 0.5) is 0 Å². The molecule has 10 nitrogen and oxygen atoms in total. The molecule has 0 aliphatic heterocycles. The topological polar surface area (TPSA) is 93.2 Å². The molecule has 2 aromatic carbocycles. The van der Waals surface area contributed by atoms with Crippen molar-refractivity contribution in [2.75, 3.05) is 0 Å². The van der Waals surface area contributed by atoms with Crippen molar-refractivity contribution in [1.29, 1.82) is 0 Å². The van der Waals surface area contributed by atoms with E-state index in [1.807, 2.05) is 75.5 Å². The molecule has 0 spiro atoms. The van der Waals surface area contributed by atoms with Gasteiger partial charge in [-0.1, -0.05) is 48.0 Å². The Morgan fingerprint density at radius 3 is 2.14 bits per heavy atom. The normalized spacial score (nSPS) is 11.7. The standard InChI is InChI=1S/C27H25N7O3/c1-16-11-13-18(14-12-16)20-15-32-22-23(29(3)27(37)30(4)24(22)35)28-26(32)33(20)21-17(2)31(5)34(25(21)36)19-9-7-6-8-10-19/h6-15H,1-5H3. The summed E-state index contributed by atoms with van der Waals surface area (Å²) >= 11 is 0. The van der Waals surface area contributed by atoms with E-state index in [9.17, 15) is 14.4 Å². The van der Waals surface area contributed by atoms with E-state index in [0.717, 1.165) is 21.4 Å². The highest BCUT2D eigenvalue weighted by Crippen LogP contribution is 2.29. The van der Waals surface area contributed by atoms with Crippen molar-refractivity contribution >= 4 is 16.9 Å². The van der Waals surface area contributed by atoms with Crippen molar-refractivity contribution in [2.45, 2.75) is 13.8 Å². The van der Waals surface area contributed by atoms with E-state index >= 15 is 0 Å². The van der Waals surface area contributed by atoms with Crippen LogP contribution < -0.4 is 16.8 Å². The fraction of sp³-hybridized carbons (Fsp3) is 0.185. The van der Waals surface area contributed by atoms with Gasteiger partial charge in [0, 0.05) is 32.9 Å². The summed E-state index contributed by atoms with van der Waals surface area (Å²) in [7, 11) is 4.86. The van der Waals surface area contributed by atoms with Crippen LogP contribution in [0.15, 0.2) is 75.2 Å². The van der Waals surface area contributed by atoms with Crippen LogP contribution in [0.1, 0.15) is 11.3 Å². The molecule has 6 rings (SSSR count). The third kappa shape index (κ3) is 3.05. The second kappa shape index (κ2) is 7.82. The number of hydrogen-bond acceptors (Lipinski definition) is 4. The molecule has 4 aromatic heterocycles. The number of hydrogen-bond donors (Lipinski definition) is 0. The molecule has 4 heterocycles. The van der Waals surface area contributed by atoms with Crippen LogP contribution in [0.5, 0.6) is 0 Å². The lowest BCUT2D eigenvalue weighted by atomic mass is 10.1. The highest BCUT2D eigenvalue weighted by Gasteiger charge is 2.26. The third-order valence-corrected chi connectivity index (χ3v) is 7.06. The fourth-order valence-corrected chi connectivity index (χ4v) is 4.93. The zero-order chi connectivity index (χ0) is 26.2. The fourth-order valence-electron chi connectivity index (χ4n) is 4.93. The average molecular weight is 496 g/mol. The first-order chi connectivity index (χ1) is 17.7. The molecular formula is C27H25N7O3. The molecular weight excluding hydrogens is 470 g/mol. The maximum atomic E-state index is 14.0. The van der Waals surface area contributed by atoms with Crippen molar-refractivity contribution in [3.05, 3.63) is 103 Å². The molecule has 0 unspecified atom stereocenters. The zero-order valence-electron chi connectivity index (χ0n) is 21.1. The Hall–Kier alpha value is -4.86. The second-order valence-electron chi connectivity index (χ2n) is 9.29. The SMILES string of the molecule is Cc1ccc(-c2cn3c4c(=O)n(C)c(=O)n(C)c4nc3n2-c2c(C)n(C)n(-c3ccccc3)c2=O)cc1. The van der Waals surface area contributed by atoms with Crippen LogP contribution in [0.2, 0.25) is 0 Å². The number of fused-ring (bicyclic) bond motifs is 3. The van der Waals surface area contributed by atoms with E-state index in [0.29, 0.717) is 22.9 Å². The quantitative estimate of drug-likeness (QED) is 0.377. The highest BCUT2D eigenvalue weighted by atomic mass is 16.2. The van der Waals surface area contributed by atoms with Gasteiger partial charge >= 0.3 is 5.69 Å². The molecule has 0 radical (unpaired) electrons.